The number of nitrogens with one attached hydrogen (secondary N) is 1. The SMILES string of the molecule is CC(=O)Nc1ccc([C@](C)(O[Si](C)(C)C(C)(C)C)C(C)(C)C)cn1. The molecular formula is C19H34N2O2Si. The van der Waals surface area contributed by atoms with E-state index in [4.69, 9.17) is 4.43 Å². The Morgan fingerprint density at radius 1 is 1.08 bits per heavy atom. The maximum absolute atomic E-state index is 11.2. The Morgan fingerprint density at radius 2 is 1.62 bits per heavy atom. The molecule has 0 aliphatic carbocycles. The molecule has 1 amide bonds. The van der Waals surface area contributed by atoms with E-state index >= 15 is 0 Å². The van der Waals surface area contributed by atoms with Crippen LogP contribution in [0.5, 0.6) is 0 Å². The first-order chi connectivity index (χ1) is 10.6. The molecule has 0 aromatic carbocycles. The van der Waals surface area contributed by atoms with Crippen molar-refractivity contribution in [3.05, 3.63) is 23.9 Å². The molecule has 0 spiro atoms. The second kappa shape index (κ2) is 6.60. The number of carbonyl (C=O) groups is 1. The van der Waals surface area contributed by atoms with Crippen molar-refractivity contribution >= 4 is 20.0 Å². The van der Waals surface area contributed by atoms with Crippen molar-refractivity contribution in [2.24, 2.45) is 5.41 Å². The zero-order valence-electron chi connectivity index (χ0n) is 17.0. The molecule has 0 unspecified atom stereocenters. The van der Waals surface area contributed by atoms with Gasteiger partial charge in [-0.15, -0.1) is 0 Å². The van der Waals surface area contributed by atoms with Gasteiger partial charge in [-0.3, -0.25) is 4.79 Å². The molecule has 0 saturated heterocycles. The zero-order valence-corrected chi connectivity index (χ0v) is 18.0. The van der Waals surface area contributed by atoms with Crippen molar-refractivity contribution in [2.45, 2.75) is 79.1 Å². The highest BCUT2D eigenvalue weighted by Crippen LogP contribution is 2.48. The minimum absolute atomic E-state index is 0.0975. The van der Waals surface area contributed by atoms with Gasteiger partial charge in [-0.05, 0) is 36.5 Å². The quantitative estimate of drug-likeness (QED) is 0.747. The number of amides is 1. The second-order valence-electron chi connectivity index (χ2n) is 9.26. The lowest BCUT2D eigenvalue weighted by Gasteiger charge is -2.50. The third kappa shape index (κ3) is 4.45. The van der Waals surface area contributed by atoms with Gasteiger partial charge >= 0.3 is 0 Å². The average Bonchev–Trinajstić information content (AvgIpc) is 2.35. The monoisotopic (exact) mass is 350 g/mol. The van der Waals surface area contributed by atoms with Crippen molar-refractivity contribution < 1.29 is 9.22 Å². The Kier molecular flexibility index (Phi) is 5.73. The summed E-state index contributed by atoms with van der Waals surface area (Å²) in [7, 11) is -1.97. The van der Waals surface area contributed by atoms with Gasteiger partial charge in [0.1, 0.15) is 5.82 Å². The van der Waals surface area contributed by atoms with E-state index in [0.717, 1.165) is 5.56 Å². The summed E-state index contributed by atoms with van der Waals surface area (Å²) < 4.78 is 6.87. The highest BCUT2D eigenvalue weighted by molar-refractivity contribution is 6.74. The number of aromatic nitrogens is 1. The van der Waals surface area contributed by atoms with E-state index in [1.165, 1.54) is 6.92 Å². The summed E-state index contributed by atoms with van der Waals surface area (Å²) in [5.74, 6) is 0.446. The van der Waals surface area contributed by atoms with Crippen LogP contribution in [0.4, 0.5) is 5.82 Å². The Labute approximate surface area is 148 Å². The van der Waals surface area contributed by atoms with Crippen LogP contribution >= 0.6 is 0 Å². The molecule has 0 aliphatic rings. The van der Waals surface area contributed by atoms with Crippen molar-refractivity contribution in [2.75, 3.05) is 5.32 Å². The maximum atomic E-state index is 11.2. The number of hydrogen-bond donors (Lipinski definition) is 1. The van der Waals surface area contributed by atoms with Crippen molar-refractivity contribution in [3.63, 3.8) is 0 Å². The Hall–Kier alpha value is -1.20. The van der Waals surface area contributed by atoms with Gasteiger partial charge in [0.25, 0.3) is 0 Å². The highest BCUT2D eigenvalue weighted by atomic mass is 28.4. The number of rotatable bonds is 4. The van der Waals surface area contributed by atoms with Crippen LogP contribution in [0.3, 0.4) is 0 Å². The van der Waals surface area contributed by atoms with Gasteiger partial charge in [0.2, 0.25) is 5.91 Å². The normalized spacial score (nSPS) is 15.8. The van der Waals surface area contributed by atoms with Crippen molar-refractivity contribution in [1.29, 1.82) is 0 Å². The highest BCUT2D eigenvalue weighted by Gasteiger charge is 2.48. The summed E-state index contributed by atoms with van der Waals surface area (Å²) in [6.07, 6.45) is 1.82. The first-order valence-corrected chi connectivity index (χ1v) is 11.5. The zero-order chi connectivity index (χ0) is 19.0. The smallest absolute Gasteiger partial charge is 0.222 e. The van der Waals surface area contributed by atoms with Crippen LogP contribution in [0.1, 0.15) is 61.0 Å². The van der Waals surface area contributed by atoms with Crippen LogP contribution < -0.4 is 5.32 Å². The molecule has 0 saturated carbocycles. The molecule has 1 N–H and O–H groups in total. The molecule has 1 atom stereocenters. The first-order valence-electron chi connectivity index (χ1n) is 8.54. The molecule has 1 rings (SSSR count). The van der Waals surface area contributed by atoms with Gasteiger partial charge in [-0.2, -0.15) is 0 Å². The summed E-state index contributed by atoms with van der Waals surface area (Å²) >= 11 is 0. The predicted molar refractivity (Wildman–Crippen MR) is 104 cm³/mol. The summed E-state index contributed by atoms with van der Waals surface area (Å²) in [5, 5.41) is 2.84. The molecular weight excluding hydrogens is 316 g/mol. The van der Waals surface area contributed by atoms with Crippen molar-refractivity contribution in [1.82, 2.24) is 4.98 Å². The van der Waals surface area contributed by atoms with Crippen molar-refractivity contribution in [3.8, 4) is 0 Å². The maximum Gasteiger partial charge on any atom is 0.222 e. The van der Waals surface area contributed by atoms with Gasteiger partial charge in [-0.25, -0.2) is 4.98 Å². The minimum atomic E-state index is -1.97. The molecule has 0 fully saturated rings. The number of nitrogens with zero attached hydrogens (tertiary/aromatic N) is 1. The molecule has 1 aromatic heterocycles. The molecule has 1 aromatic rings. The Morgan fingerprint density at radius 3 is 1.96 bits per heavy atom. The lowest BCUT2D eigenvalue weighted by Crippen LogP contribution is -2.52. The molecule has 0 bridgehead atoms. The summed E-state index contributed by atoms with van der Waals surface area (Å²) in [4.78, 5) is 15.6. The van der Waals surface area contributed by atoms with E-state index in [1.54, 1.807) is 0 Å². The topological polar surface area (TPSA) is 51.2 Å². The number of carbonyl (C=O) groups excluding carboxylic acids is 1. The van der Waals surface area contributed by atoms with E-state index in [0.29, 0.717) is 5.82 Å². The predicted octanol–water partition coefficient (Wildman–Crippen LogP) is 5.32. The van der Waals surface area contributed by atoms with Gasteiger partial charge in [-0.1, -0.05) is 47.6 Å². The van der Waals surface area contributed by atoms with E-state index in [-0.39, 0.29) is 16.4 Å². The van der Waals surface area contributed by atoms with E-state index in [9.17, 15) is 4.79 Å². The Balaban J connectivity index is 3.29. The molecule has 4 nitrogen and oxygen atoms in total. The van der Waals surface area contributed by atoms with E-state index < -0.39 is 13.9 Å². The van der Waals surface area contributed by atoms with Gasteiger partial charge in [0.15, 0.2) is 8.32 Å². The fourth-order valence-corrected chi connectivity index (χ4v) is 3.99. The molecule has 0 radical (unpaired) electrons. The van der Waals surface area contributed by atoms with Crippen LogP contribution in [-0.4, -0.2) is 19.2 Å². The third-order valence-corrected chi connectivity index (χ3v) is 9.85. The Bertz CT molecular complexity index is 583. The number of pyridine rings is 1. The lowest BCUT2D eigenvalue weighted by molar-refractivity contribution is -0.114. The molecule has 5 heteroatoms. The van der Waals surface area contributed by atoms with Gasteiger partial charge in [0.05, 0.1) is 5.60 Å². The fraction of sp³-hybridized carbons (Fsp3) is 0.684. The van der Waals surface area contributed by atoms with Crippen LogP contribution in [0, 0.1) is 5.41 Å². The molecule has 24 heavy (non-hydrogen) atoms. The third-order valence-electron chi connectivity index (χ3n) is 5.32. The molecule has 0 aliphatic heterocycles. The standard InChI is InChI=1S/C19H34N2O2Si/c1-14(22)21-16-12-11-15(13-20-16)19(8,17(2,3)4)23-24(9,10)18(5,6)7/h11-13H,1-10H3,(H,20,21,22)/t19-/m0/s1. The van der Waals surface area contributed by atoms with Crippen LogP contribution in [-0.2, 0) is 14.8 Å². The van der Waals surface area contributed by atoms with E-state index in [2.05, 4.69) is 71.9 Å². The van der Waals surface area contributed by atoms with Crippen LogP contribution in [0.25, 0.3) is 0 Å². The number of anilines is 1. The first kappa shape index (κ1) is 20.8. The van der Waals surface area contributed by atoms with Gasteiger partial charge in [0, 0.05) is 18.7 Å². The summed E-state index contributed by atoms with van der Waals surface area (Å²) in [6, 6.07) is 3.85. The van der Waals surface area contributed by atoms with Crippen LogP contribution in [0.15, 0.2) is 18.3 Å². The minimum Gasteiger partial charge on any atom is -0.407 e. The summed E-state index contributed by atoms with van der Waals surface area (Å²) in [5.41, 5.74) is 0.478. The molecule has 1 heterocycles. The second-order valence-corrected chi connectivity index (χ2v) is 14.0. The van der Waals surface area contributed by atoms with E-state index in [1.807, 2.05) is 18.3 Å². The number of hydrogen-bond acceptors (Lipinski definition) is 3. The van der Waals surface area contributed by atoms with Gasteiger partial charge < -0.3 is 9.74 Å². The average molecular weight is 351 g/mol. The molecule has 136 valence electrons. The summed E-state index contributed by atoms with van der Waals surface area (Å²) in [6.45, 7) is 21.5. The lowest BCUT2D eigenvalue weighted by atomic mass is 9.74. The largest absolute Gasteiger partial charge is 0.407 e. The van der Waals surface area contributed by atoms with Crippen LogP contribution in [0.2, 0.25) is 18.1 Å². The fourth-order valence-electron chi connectivity index (χ4n) is 2.24.